The molecule has 2 amide bonds. The van der Waals surface area contributed by atoms with E-state index in [1.54, 1.807) is 6.92 Å². The Bertz CT molecular complexity index is 1010. The minimum atomic E-state index is -1.09. The van der Waals surface area contributed by atoms with E-state index >= 15 is 0 Å². The summed E-state index contributed by atoms with van der Waals surface area (Å²) >= 11 is 0.860. The van der Waals surface area contributed by atoms with Crippen molar-refractivity contribution >= 4 is 46.0 Å². The van der Waals surface area contributed by atoms with E-state index in [4.69, 9.17) is 9.47 Å². The van der Waals surface area contributed by atoms with Crippen LogP contribution in [0.3, 0.4) is 0 Å². The largest absolute Gasteiger partial charge is 0.462 e. The molecule has 0 radical (unpaired) electrons. The van der Waals surface area contributed by atoms with Crippen LogP contribution in [0.5, 0.6) is 0 Å². The Kier molecular flexibility index (Phi) is 7.25. The molecule has 0 saturated carbocycles. The Morgan fingerprint density at radius 3 is 2.47 bits per heavy atom. The number of furan rings is 1. The molecular weight excluding hydrogens is 422 g/mol. The predicted molar refractivity (Wildman–Crippen MR) is 103 cm³/mol. The van der Waals surface area contributed by atoms with E-state index in [1.165, 1.54) is 14.0 Å². The Labute approximate surface area is 173 Å². The van der Waals surface area contributed by atoms with E-state index in [1.807, 2.05) is 0 Å². The normalized spacial score (nSPS) is 10.2. The molecule has 2 aromatic heterocycles. The zero-order valence-electron chi connectivity index (χ0n) is 16.1. The molecule has 0 aliphatic heterocycles. The van der Waals surface area contributed by atoms with Crippen molar-refractivity contribution in [3.05, 3.63) is 44.0 Å². The van der Waals surface area contributed by atoms with E-state index in [2.05, 4.69) is 15.1 Å². The number of carbonyl (C=O) groups excluding carboxylic acids is 4. The van der Waals surface area contributed by atoms with Gasteiger partial charge in [-0.25, -0.2) is 9.59 Å². The number of hydrogen-bond acceptors (Lipinski definition) is 10. The highest BCUT2D eigenvalue weighted by Crippen LogP contribution is 2.33. The molecule has 0 bridgehead atoms. The fraction of sp³-hybridized carbons (Fsp3) is 0.294. The van der Waals surface area contributed by atoms with Crippen molar-refractivity contribution in [1.29, 1.82) is 0 Å². The summed E-state index contributed by atoms with van der Waals surface area (Å²) in [5.41, 5.74) is 0.342. The monoisotopic (exact) mass is 439 g/mol. The highest BCUT2D eigenvalue weighted by Gasteiger charge is 2.27. The van der Waals surface area contributed by atoms with Crippen LogP contribution in [0, 0.1) is 17.0 Å². The minimum Gasteiger partial charge on any atom is -0.462 e. The van der Waals surface area contributed by atoms with Gasteiger partial charge in [0.25, 0.3) is 11.8 Å². The molecular formula is C17H17N3O9S. The first-order valence-corrected chi connectivity index (χ1v) is 9.25. The van der Waals surface area contributed by atoms with Crippen molar-refractivity contribution in [2.24, 2.45) is 0 Å². The fourth-order valence-corrected chi connectivity index (χ4v) is 3.44. The van der Waals surface area contributed by atoms with E-state index < -0.39 is 46.9 Å². The number of thiophene rings is 1. The second-order valence-electron chi connectivity index (χ2n) is 5.58. The molecule has 0 fully saturated rings. The summed E-state index contributed by atoms with van der Waals surface area (Å²) < 4.78 is 14.4. The van der Waals surface area contributed by atoms with E-state index in [9.17, 15) is 29.3 Å². The van der Waals surface area contributed by atoms with Crippen LogP contribution in [0.15, 0.2) is 16.5 Å². The predicted octanol–water partition coefficient (Wildman–Crippen LogP) is 1.89. The molecule has 0 atom stereocenters. The van der Waals surface area contributed by atoms with Gasteiger partial charge in [-0.2, -0.15) is 0 Å². The smallest absolute Gasteiger partial charge is 0.433 e. The van der Waals surface area contributed by atoms with Crippen molar-refractivity contribution in [2.75, 3.05) is 25.6 Å². The third-order valence-corrected chi connectivity index (χ3v) is 4.83. The van der Waals surface area contributed by atoms with Crippen LogP contribution < -0.4 is 10.6 Å². The maximum Gasteiger partial charge on any atom is 0.433 e. The molecule has 0 aliphatic rings. The van der Waals surface area contributed by atoms with Crippen LogP contribution in [0.4, 0.5) is 10.9 Å². The van der Waals surface area contributed by atoms with Gasteiger partial charge in [-0.15, -0.1) is 11.3 Å². The lowest BCUT2D eigenvalue weighted by Crippen LogP contribution is -2.21. The lowest BCUT2D eigenvalue weighted by atomic mass is 10.1. The number of esters is 2. The molecule has 13 heteroatoms. The van der Waals surface area contributed by atoms with Crippen molar-refractivity contribution in [3.8, 4) is 0 Å². The Morgan fingerprint density at radius 2 is 1.90 bits per heavy atom. The molecule has 160 valence electrons. The number of carbonyl (C=O) groups is 4. The Hall–Kier alpha value is -3.74. The molecule has 2 rings (SSSR count). The number of nitrogens with zero attached hydrogens (tertiary/aromatic N) is 1. The van der Waals surface area contributed by atoms with E-state index in [-0.39, 0.29) is 22.0 Å². The number of amides is 2. The number of nitro groups is 1. The van der Waals surface area contributed by atoms with Crippen LogP contribution in [0.2, 0.25) is 0 Å². The number of ether oxygens (including phenoxy) is 2. The highest BCUT2D eigenvalue weighted by molar-refractivity contribution is 7.18. The molecule has 2 aromatic rings. The summed E-state index contributed by atoms with van der Waals surface area (Å²) in [5, 5.41) is 15.5. The molecule has 2 N–H and O–H groups in total. The zero-order chi connectivity index (χ0) is 22.4. The SMILES string of the molecule is CCOC(=O)c1c(NC(=O)COC(=O)c2ccc([N+](=O)[O-])o2)sc(C(=O)NC)c1C. The van der Waals surface area contributed by atoms with Gasteiger partial charge in [-0.1, -0.05) is 0 Å². The molecule has 0 unspecified atom stereocenters. The molecule has 12 nitrogen and oxygen atoms in total. The second-order valence-corrected chi connectivity index (χ2v) is 6.60. The van der Waals surface area contributed by atoms with E-state index in [0.29, 0.717) is 5.56 Å². The molecule has 0 spiro atoms. The van der Waals surface area contributed by atoms with Gasteiger partial charge in [0.2, 0.25) is 5.76 Å². The second kappa shape index (κ2) is 9.65. The minimum absolute atomic E-state index is 0.0155. The average Bonchev–Trinajstić information content (AvgIpc) is 3.31. The molecule has 2 heterocycles. The van der Waals surface area contributed by atoms with Gasteiger partial charge in [-0.05, 0) is 25.5 Å². The molecule has 0 saturated heterocycles. The van der Waals surface area contributed by atoms with Crippen molar-refractivity contribution in [1.82, 2.24) is 5.32 Å². The summed E-state index contributed by atoms with van der Waals surface area (Å²) in [5.74, 6) is -4.17. The summed E-state index contributed by atoms with van der Waals surface area (Å²) in [4.78, 5) is 58.2. The maximum atomic E-state index is 12.2. The Morgan fingerprint density at radius 1 is 1.20 bits per heavy atom. The quantitative estimate of drug-likeness (QED) is 0.354. The summed E-state index contributed by atoms with van der Waals surface area (Å²) in [6.07, 6.45) is 0. The maximum absolute atomic E-state index is 12.2. The third-order valence-electron chi connectivity index (χ3n) is 3.62. The molecule has 30 heavy (non-hydrogen) atoms. The molecule has 0 aromatic carbocycles. The van der Waals surface area contributed by atoms with Crippen LogP contribution in [-0.2, 0) is 14.3 Å². The standard InChI is InChI=1S/C17H17N3O9S/c1-4-27-17(24)12-8(2)13(14(22)18-3)30-15(12)19-10(21)7-28-16(23)9-5-6-11(29-9)20(25)26/h5-6H,4,7H2,1-3H3,(H,18,22)(H,19,21). The van der Waals surface area contributed by atoms with Crippen LogP contribution in [0.1, 0.15) is 43.1 Å². The third kappa shape index (κ3) is 5.00. The zero-order valence-corrected chi connectivity index (χ0v) is 16.9. The lowest BCUT2D eigenvalue weighted by Gasteiger charge is -2.07. The van der Waals surface area contributed by atoms with Crippen LogP contribution in [0.25, 0.3) is 0 Å². The first-order valence-electron chi connectivity index (χ1n) is 8.43. The fourth-order valence-electron chi connectivity index (χ4n) is 2.28. The highest BCUT2D eigenvalue weighted by atomic mass is 32.1. The van der Waals surface area contributed by atoms with Gasteiger partial charge in [0.1, 0.15) is 9.92 Å². The number of rotatable bonds is 8. The van der Waals surface area contributed by atoms with Gasteiger partial charge < -0.3 is 24.5 Å². The van der Waals surface area contributed by atoms with E-state index in [0.717, 1.165) is 23.5 Å². The number of anilines is 1. The van der Waals surface area contributed by atoms with Crippen molar-refractivity contribution < 1.29 is 38.0 Å². The Balaban J connectivity index is 2.12. The summed E-state index contributed by atoms with van der Waals surface area (Å²) in [6.45, 7) is 2.47. The van der Waals surface area contributed by atoms with Gasteiger partial charge in [0.15, 0.2) is 6.61 Å². The van der Waals surface area contributed by atoms with Crippen molar-refractivity contribution in [2.45, 2.75) is 13.8 Å². The lowest BCUT2D eigenvalue weighted by molar-refractivity contribution is -0.402. The van der Waals surface area contributed by atoms with Gasteiger partial charge >= 0.3 is 17.8 Å². The van der Waals surface area contributed by atoms with Crippen LogP contribution >= 0.6 is 11.3 Å². The van der Waals surface area contributed by atoms with Gasteiger partial charge in [-0.3, -0.25) is 19.7 Å². The molecule has 0 aliphatic carbocycles. The van der Waals surface area contributed by atoms with Gasteiger partial charge in [0, 0.05) is 7.05 Å². The summed E-state index contributed by atoms with van der Waals surface area (Å²) in [7, 11) is 1.42. The summed E-state index contributed by atoms with van der Waals surface area (Å²) in [6, 6.07) is 2.01. The van der Waals surface area contributed by atoms with Gasteiger partial charge in [0.05, 0.1) is 23.1 Å². The average molecular weight is 439 g/mol. The number of hydrogen-bond donors (Lipinski definition) is 2. The topological polar surface area (TPSA) is 167 Å². The first kappa shape index (κ1) is 22.5. The number of nitrogens with one attached hydrogen (secondary N) is 2. The van der Waals surface area contributed by atoms with Crippen molar-refractivity contribution in [3.63, 3.8) is 0 Å². The first-order chi connectivity index (χ1) is 14.2. The van der Waals surface area contributed by atoms with Crippen LogP contribution in [-0.4, -0.2) is 48.9 Å².